The molecular formula is C14H8BrClFNO3. The number of nitrogens with one attached hydrogen (secondary N) is 1. The van der Waals surface area contributed by atoms with Gasteiger partial charge in [0.15, 0.2) is 0 Å². The standard InChI is InChI=1S/C14H8BrClFNO3/c15-7-4-5-8(11(17)6-7)13(19)18-12-9(14(20)21)2-1-3-10(12)16/h1-6H,(H,18,19)(H,20,21). The molecule has 0 saturated heterocycles. The number of benzene rings is 2. The molecule has 0 aliphatic carbocycles. The molecule has 4 nitrogen and oxygen atoms in total. The van der Waals surface area contributed by atoms with Crippen LogP contribution in [0.2, 0.25) is 5.02 Å². The molecule has 21 heavy (non-hydrogen) atoms. The number of rotatable bonds is 3. The molecule has 0 bridgehead atoms. The zero-order chi connectivity index (χ0) is 15.6. The first-order valence-corrected chi connectivity index (χ1v) is 6.85. The van der Waals surface area contributed by atoms with Crippen LogP contribution in [0.5, 0.6) is 0 Å². The van der Waals surface area contributed by atoms with E-state index < -0.39 is 17.7 Å². The third-order valence-electron chi connectivity index (χ3n) is 2.66. The number of carbonyl (C=O) groups is 2. The Balaban J connectivity index is 2.38. The Morgan fingerprint density at radius 3 is 2.52 bits per heavy atom. The Hall–Kier alpha value is -1.92. The zero-order valence-electron chi connectivity index (χ0n) is 10.4. The minimum Gasteiger partial charge on any atom is -0.478 e. The van der Waals surface area contributed by atoms with Crippen LogP contribution < -0.4 is 5.32 Å². The van der Waals surface area contributed by atoms with Crippen molar-refractivity contribution in [3.63, 3.8) is 0 Å². The van der Waals surface area contributed by atoms with E-state index in [4.69, 9.17) is 16.7 Å². The lowest BCUT2D eigenvalue weighted by Gasteiger charge is -2.11. The molecule has 2 aromatic carbocycles. The van der Waals surface area contributed by atoms with E-state index in [2.05, 4.69) is 21.2 Å². The number of hydrogen-bond donors (Lipinski definition) is 2. The summed E-state index contributed by atoms with van der Waals surface area (Å²) in [6.45, 7) is 0. The first-order chi connectivity index (χ1) is 9.90. The molecule has 0 saturated carbocycles. The second-order valence-corrected chi connectivity index (χ2v) is 5.37. The Bertz CT molecular complexity index is 736. The first kappa shape index (κ1) is 15.5. The van der Waals surface area contributed by atoms with Crippen molar-refractivity contribution in [1.82, 2.24) is 0 Å². The summed E-state index contributed by atoms with van der Waals surface area (Å²) in [4.78, 5) is 23.2. The molecule has 7 heteroatoms. The van der Waals surface area contributed by atoms with Gasteiger partial charge in [-0.1, -0.05) is 33.6 Å². The monoisotopic (exact) mass is 371 g/mol. The van der Waals surface area contributed by atoms with Crippen LogP contribution in [0.15, 0.2) is 40.9 Å². The van der Waals surface area contributed by atoms with Crippen molar-refractivity contribution in [2.45, 2.75) is 0 Å². The lowest BCUT2D eigenvalue weighted by Crippen LogP contribution is -2.16. The van der Waals surface area contributed by atoms with E-state index in [0.29, 0.717) is 4.47 Å². The van der Waals surface area contributed by atoms with Crippen LogP contribution in [0.1, 0.15) is 20.7 Å². The van der Waals surface area contributed by atoms with E-state index in [-0.39, 0.29) is 21.8 Å². The summed E-state index contributed by atoms with van der Waals surface area (Å²) in [6, 6.07) is 8.10. The van der Waals surface area contributed by atoms with Gasteiger partial charge >= 0.3 is 5.97 Å². The Kier molecular flexibility index (Phi) is 4.59. The highest BCUT2D eigenvalue weighted by Crippen LogP contribution is 2.27. The predicted octanol–water partition coefficient (Wildman–Crippen LogP) is 4.19. The number of anilines is 1. The van der Waals surface area contributed by atoms with Gasteiger partial charge in [-0.15, -0.1) is 0 Å². The average Bonchev–Trinajstić information content (AvgIpc) is 2.40. The van der Waals surface area contributed by atoms with Crippen LogP contribution in [0, 0.1) is 5.82 Å². The van der Waals surface area contributed by atoms with Crippen LogP contribution in [-0.2, 0) is 0 Å². The summed E-state index contributed by atoms with van der Waals surface area (Å²) in [5.41, 5.74) is -0.457. The van der Waals surface area contributed by atoms with E-state index in [1.165, 1.54) is 30.3 Å². The maximum atomic E-state index is 13.7. The second-order valence-electron chi connectivity index (χ2n) is 4.05. The SMILES string of the molecule is O=C(Nc1c(Cl)cccc1C(=O)O)c1ccc(Br)cc1F. The summed E-state index contributed by atoms with van der Waals surface area (Å²) in [5, 5.41) is 11.5. The van der Waals surface area contributed by atoms with Gasteiger partial charge in [-0.05, 0) is 30.3 Å². The summed E-state index contributed by atoms with van der Waals surface area (Å²) in [6.07, 6.45) is 0. The molecule has 0 unspecified atom stereocenters. The molecule has 0 fully saturated rings. The molecule has 0 radical (unpaired) electrons. The molecule has 0 aliphatic rings. The van der Waals surface area contributed by atoms with Gasteiger partial charge < -0.3 is 10.4 Å². The molecular weight excluding hydrogens is 365 g/mol. The molecule has 0 spiro atoms. The van der Waals surface area contributed by atoms with Crippen molar-refractivity contribution in [2.75, 3.05) is 5.32 Å². The van der Waals surface area contributed by atoms with Crippen molar-refractivity contribution in [3.05, 3.63) is 62.8 Å². The smallest absolute Gasteiger partial charge is 0.337 e. The minimum absolute atomic E-state index is 0.0563. The van der Waals surface area contributed by atoms with E-state index in [1.54, 1.807) is 0 Å². The van der Waals surface area contributed by atoms with E-state index in [0.717, 1.165) is 6.07 Å². The normalized spacial score (nSPS) is 10.2. The first-order valence-electron chi connectivity index (χ1n) is 5.68. The molecule has 2 N–H and O–H groups in total. The molecule has 1 amide bonds. The van der Waals surface area contributed by atoms with Gasteiger partial charge in [0.2, 0.25) is 0 Å². The third kappa shape index (κ3) is 3.40. The van der Waals surface area contributed by atoms with Crippen molar-refractivity contribution in [3.8, 4) is 0 Å². The van der Waals surface area contributed by atoms with Crippen molar-refractivity contribution >= 4 is 45.1 Å². The number of hydrogen-bond acceptors (Lipinski definition) is 2. The molecule has 0 heterocycles. The Morgan fingerprint density at radius 1 is 1.19 bits per heavy atom. The summed E-state index contributed by atoms with van der Waals surface area (Å²) in [7, 11) is 0. The quantitative estimate of drug-likeness (QED) is 0.849. The molecule has 2 aromatic rings. The van der Waals surface area contributed by atoms with Crippen LogP contribution >= 0.6 is 27.5 Å². The van der Waals surface area contributed by atoms with Crippen LogP contribution in [-0.4, -0.2) is 17.0 Å². The molecule has 0 aliphatic heterocycles. The highest BCUT2D eigenvalue weighted by molar-refractivity contribution is 9.10. The number of halogens is 3. The molecule has 108 valence electrons. The molecule has 0 atom stereocenters. The van der Waals surface area contributed by atoms with Gasteiger partial charge in [-0.25, -0.2) is 9.18 Å². The lowest BCUT2D eigenvalue weighted by molar-refractivity contribution is 0.0698. The van der Waals surface area contributed by atoms with Gasteiger partial charge in [0.25, 0.3) is 5.91 Å². The number of carboxylic acid groups (broad SMARTS) is 1. The Morgan fingerprint density at radius 2 is 1.90 bits per heavy atom. The van der Waals surface area contributed by atoms with Crippen LogP contribution in [0.4, 0.5) is 10.1 Å². The molecule has 0 aromatic heterocycles. The van der Waals surface area contributed by atoms with Crippen molar-refractivity contribution in [2.24, 2.45) is 0 Å². The van der Waals surface area contributed by atoms with E-state index in [9.17, 15) is 14.0 Å². The van der Waals surface area contributed by atoms with Crippen molar-refractivity contribution < 1.29 is 19.1 Å². The summed E-state index contributed by atoms with van der Waals surface area (Å²) >= 11 is 8.97. The van der Waals surface area contributed by atoms with Gasteiger partial charge in [0, 0.05) is 4.47 Å². The summed E-state index contributed by atoms with van der Waals surface area (Å²) < 4.78 is 14.2. The predicted molar refractivity (Wildman–Crippen MR) is 80.5 cm³/mol. The van der Waals surface area contributed by atoms with Crippen molar-refractivity contribution in [1.29, 1.82) is 0 Å². The number of carbonyl (C=O) groups excluding carboxylic acids is 1. The number of aromatic carboxylic acids is 1. The zero-order valence-corrected chi connectivity index (χ0v) is 12.7. The van der Waals surface area contributed by atoms with Gasteiger partial charge in [0.1, 0.15) is 5.82 Å². The van der Waals surface area contributed by atoms with E-state index in [1.807, 2.05) is 0 Å². The van der Waals surface area contributed by atoms with E-state index >= 15 is 0 Å². The fourth-order valence-electron chi connectivity index (χ4n) is 1.68. The van der Waals surface area contributed by atoms with Gasteiger partial charge in [0.05, 0.1) is 21.8 Å². The number of carboxylic acids is 1. The van der Waals surface area contributed by atoms with Crippen LogP contribution in [0.3, 0.4) is 0 Å². The fourth-order valence-corrected chi connectivity index (χ4v) is 2.24. The number of amides is 1. The lowest BCUT2D eigenvalue weighted by atomic mass is 10.1. The second kappa shape index (κ2) is 6.24. The highest BCUT2D eigenvalue weighted by atomic mass is 79.9. The molecule has 2 rings (SSSR count). The number of para-hydroxylation sites is 1. The Labute approximate surface area is 132 Å². The summed E-state index contributed by atoms with van der Waals surface area (Å²) in [5.74, 6) is -2.76. The van der Waals surface area contributed by atoms with Gasteiger partial charge in [-0.3, -0.25) is 4.79 Å². The topological polar surface area (TPSA) is 66.4 Å². The highest BCUT2D eigenvalue weighted by Gasteiger charge is 2.18. The third-order valence-corrected chi connectivity index (χ3v) is 3.47. The minimum atomic E-state index is -1.25. The largest absolute Gasteiger partial charge is 0.478 e. The average molecular weight is 373 g/mol. The maximum absolute atomic E-state index is 13.7. The fraction of sp³-hybridized carbons (Fsp3) is 0. The van der Waals surface area contributed by atoms with Crippen LogP contribution in [0.25, 0.3) is 0 Å². The maximum Gasteiger partial charge on any atom is 0.337 e. The van der Waals surface area contributed by atoms with Gasteiger partial charge in [-0.2, -0.15) is 0 Å².